The molecular formula is C25H32Cl2N6O3S. The van der Waals surface area contributed by atoms with Crippen molar-refractivity contribution in [3.63, 3.8) is 0 Å². The molecule has 1 unspecified atom stereocenters. The monoisotopic (exact) mass is 566 g/mol. The highest BCUT2D eigenvalue weighted by molar-refractivity contribution is 7.99. The molecule has 1 atom stereocenters. The molecule has 2 aliphatic rings. The summed E-state index contributed by atoms with van der Waals surface area (Å²) < 4.78 is 5.36. The van der Waals surface area contributed by atoms with Gasteiger partial charge < -0.3 is 19.9 Å². The van der Waals surface area contributed by atoms with Crippen LogP contribution in [0.5, 0.6) is 0 Å². The average Bonchev–Trinajstić information content (AvgIpc) is 2.90. The third-order valence-electron chi connectivity index (χ3n) is 6.39. The van der Waals surface area contributed by atoms with Gasteiger partial charge in [-0.15, -0.1) is 0 Å². The number of halogens is 2. The maximum atomic E-state index is 13.0. The minimum Gasteiger partial charge on any atom is -0.379 e. The van der Waals surface area contributed by atoms with Crippen molar-refractivity contribution in [1.82, 2.24) is 25.1 Å². The largest absolute Gasteiger partial charge is 0.379 e. The van der Waals surface area contributed by atoms with Crippen molar-refractivity contribution in [2.75, 3.05) is 69.7 Å². The molecule has 0 saturated carbocycles. The lowest BCUT2D eigenvalue weighted by atomic mass is 10.1. The summed E-state index contributed by atoms with van der Waals surface area (Å²) in [4.78, 5) is 40.5. The lowest BCUT2D eigenvalue weighted by Crippen LogP contribution is -2.54. The number of carbonyl (C=O) groups excluding carboxylic acids is 2. The van der Waals surface area contributed by atoms with Crippen molar-refractivity contribution < 1.29 is 14.3 Å². The summed E-state index contributed by atoms with van der Waals surface area (Å²) in [6.07, 6.45) is 0.900. The van der Waals surface area contributed by atoms with E-state index in [2.05, 4.69) is 25.1 Å². The number of amides is 2. The van der Waals surface area contributed by atoms with Crippen LogP contribution in [0.3, 0.4) is 0 Å². The fraction of sp³-hybridized carbons (Fsp3) is 0.520. The van der Waals surface area contributed by atoms with Gasteiger partial charge in [-0.2, -0.15) is 0 Å². The number of thioether (sulfide) groups is 1. The maximum Gasteiger partial charge on any atom is 0.255 e. The van der Waals surface area contributed by atoms with Gasteiger partial charge in [-0.3, -0.25) is 14.5 Å². The molecule has 2 fully saturated rings. The Morgan fingerprint density at radius 3 is 2.68 bits per heavy atom. The van der Waals surface area contributed by atoms with E-state index >= 15 is 0 Å². The van der Waals surface area contributed by atoms with Crippen molar-refractivity contribution in [2.45, 2.75) is 24.5 Å². The van der Waals surface area contributed by atoms with Crippen molar-refractivity contribution >= 4 is 52.6 Å². The molecule has 2 aliphatic heterocycles. The number of carbonyl (C=O) groups is 2. The molecule has 2 saturated heterocycles. The molecule has 1 aromatic heterocycles. The summed E-state index contributed by atoms with van der Waals surface area (Å²) in [6.45, 7) is 8.76. The van der Waals surface area contributed by atoms with Gasteiger partial charge in [0.2, 0.25) is 5.91 Å². The summed E-state index contributed by atoms with van der Waals surface area (Å²) >= 11 is 13.8. The molecule has 2 aromatic rings. The predicted molar refractivity (Wildman–Crippen MR) is 147 cm³/mol. The number of hydrogen-bond donors (Lipinski definition) is 1. The van der Waals surface area contributed by atoms with Crippen molar-refractivity contribution in [3.05, 3.63) is 46.1 Å². The molecule has 9 nitrogen and oxygen atoms in total. The van der Waals surface area contributed by atoms with E-state index < -0.39 is 0 Å². The Hall–Kier alpha value is -2.11. The van der Waals surface area contributed by atoms with Crippen LogP contribution in [0.25, 0.3) is 0 Å². The Labute approximate surface area is 231 Å². The first kappa shape index (κ1) is 27.9. The van der Waals surface area contributed by atoms with Crippen molar-refractivity contribution in [3.8, 4) is 0 Å². The summed E-state index contributed by atoms with van der Waals surface area (Å²) in [6, 6.07) is 8.77. The lowest BCUT2D eigenvalue weighted by Gasteiger charge is -2.40. The van der Waals surface area contributed by atoms with Crippen LogP contribution in [0.2, 0.25) is 10.2 Å². The van der Waals surface area contributed by atoms with Crippen LogP contribution in [0, 0.1) is 0 Å². The van der Waals surface area contributed by atoms with Crippen molar-refractivity contribution in [1.29, 1.82) is 0 Å². The number of rotatable bonds is 9. The molecule has 4 rings (SSSR count). The molecule has 0 radical (unpaired) electrons. The summed E-state index contributed by atoms with van der Waals surface area (Å²) in [5, 5.41) is 4.18. The van der Waals surface area contributed by atoms with Crippen LogP contribution in [0.15, 0.2) is 35.5 Å². The molecule has 1 aromatic carbocycles. The maximum absolute atomic E-state index is 13.0. The van der Waals surface area contributed by atoms with Gasteiger partial charge in [-0.1, -0.05) is 47.1 Å². The smallest absolute Gasteiger partial charge is 0.255 e. The highest BCUT2D eigenvalue weighted by atomic mass is 35.5. The zero-order chi connectivity index (χ0) is 26.2. The van der Waals surface area contributed by atoms with Crippen molar-refractivity contribution in [2.24, 2.45) is 0 Å². The van der Waals surface area contributed by atoms with Crippen LogP contribution < -0.4 is 10.2 Å². The standard InChI is InChI=1S/C25H32Cl2N6O3S/c1-18-16-32(9-10-33(18)24(35)19-5-2-3-6-20(19)26)22-15-21(27)29-25(30-22)37-17-23(34)28-7-4-8-31-11-13-36-14-12-31/h2-3,5-6,15,18H,4,7-14,16-17H2,1H3,(H,28,34). The highest BCUT2D eigenvalue weighted by Gasteiger charge is 2.30. The van der Waals surface area contributed by atoms with E-state index in [1.165, 1.54) is 11.8 Å². The van der Waals surface area contributed by atoms with E-state index in [-0.39, 0.29) is 23.6 Å². The number of nitrogens with zero attached hydrogens (tertiary/aromatic N) is 5. The summed E-state index contributed by atoms with van der Waals surface area (Å²) in [5.74, 6) is 0.765. The van der Waals surface area contributed by atoms with E-state index in [1.807, 2.05) is 24.0 Å². The number of piperazine rings is 1. The quantitative estimate of drug-likeness (QED) is 0.214. The number of ether oxygens (including phenoxy) is 1. The third kappa shape index (κ3) is 7.94. The first-order valence-electron chi connectivity index (χ1n) is 12.5. The van der Waals surface area contributed by atoms with Gasteiger partial charge >= 0.3 is 0 Å². The van der Waals surface area contributed by atoms with Gasteiger partial charge in [0, 0.05) is 51.4 Å². The van der Waals surface area contributed by atoms with Crippen LogP contribution in [-0.4, -0.2) is 102 Å². The minimum atomic E-state index is -0.0781. The Morgan fingerprint density at radius 2 is 1.92 bits per heavy atom. The fourth-order valence-electron chi connectivity index (χ4n) is 4.41. The Kier molecular flexibility index (Phi) is 10.3. The van der Waals surface area contributed by atoms with E-state index in [0.717, 1.165) is 39.3 Å². The number of aromatic nitrogens is 2. The second kappa shape index (κ2) is 13.6. The van der Waals surface area contributed by atoms with Crippen LogP contribution >= 0.6 is 35.0 Å². The number of nitrogens with one attached hydrogen (secondary N) is 1. The SMILES string of the molecule is CC1CN(c2cc(Cl)nc(SCC(=O)NCCCN3CCOCC3)n2)CCN1C(=O)c1ccccc1Cl. The van der Waals surface area contributed by atoms with E-state index in [0.29, 0.717) is 52.9 Å². The molecule has 0 aliphatic carbocycles. The Bertz CT molecular complexity index is 1090. The van der Waals surface area contributed by atoms with Gasteiger partial charge in [-0.05, 0) is 32.0 Å². The second-order valence-electron chi connectivity index (χ2n) is 9.05. The first-order chi connectivity index (χ1) is 17.9. The van der Waals surface area contributed by atoms with Gasteiger partial charge in [0.15, 0.2) is 5.16 Å². The van der Waals surface area contributed by atoms with E-state index in [9.17, 15) is 9.59 Å². The molecular weight excluding hydrogens is 535 g/mol. The number of hydrogen-bond acceptors (Lipinski definition) is 8. The summed E-state index contributed by atoms with van der Waals surface area (Å²) in [5.41, 5.74) is 0.507. The topological polar surface area (TPSA) is 90.9 Å². The zero-order valence-corrected chi connectivity index (χ0v) is 23.2. The summed E-state index contributed by atoms with van der Waals surface area (Å²) in [7, 11) is 0. The van der Waals surface area contributed by atoms with E-state index in [4.69, 9.17) is 27.9 Å². The van der Waals surface area contributed by atoms with Gasteiger partial charge in [0.1, 0.15) is 11.0 Å². The fourth-order valence-corrected chi connectivity index (χ4v) is 5.53. The first-order valence-corrected chi connectivity index (χ1v) is 14.2. The molecule has 0 spiro atoms. The van der Waals surface area contributed by atoms with Gasteiger partial charge in [0.25, 0.3) is 5.91 Å². The number of morpholine rings is 1. The van der Waals surface area contributed by atoms with Crippen LogP contribution in [0.1, 0.15) is 23.7 Å². The van der Waals surface area contributed by atoms with Gasteiger partial charge in [-0.25, -0.2) is 9.97 Å². The Morgan fingerprint density at radius 1 is 1.14 bits per heavy atom. The zero-order valence-electron chi connectivity index (χ0n) is 20.9. The molecule has 1 N–H and O–H groups in total. The normalized spacial score (nSPS) is 18.6. The molecule has 200 valence electrons. The number of anilines is 1. The molecule has 3 heterocycles. The predicted octanol–water partition coefficient (Wildman–Crippen LogP) is 3.06. The second-order valence-corrected chi connectivity index (χ2v) is 10.8. The highest BCUT2D eigenvalue weighted by Crippen LogP contribution is 2.25. The van der Waals surface area contributed by atoms with Crippen LogP contribution in [0.4, 0.5) is 5.82 Å². The van der Waals surface area contributed by atoms with Crippen LogP contribution in [-0.2, 0) is 9.53 Å². The number of benzene rings is 1. The van der Waals surface area contributed by atoms with Gasteiger partial charge in [0.05, 0.1) is 29.6 Å². The Balaban J connectivity index is 1.26. The molecule has 2 amide bonds. The molecule has 12 heteroatoms. The van der Waals surface area contributed by atoms with E-state index in [1.54, 1.807) is 18.2 Å². The lowest BCUT2D eigenvalue weighted by molar-refractivity contribution is -0.118. The average molecular weight is 568 g/mol. The third-order valence-corrected chi connectivity index (χ3v) is 7.76. The molecule has 0 bridgehead atoms. The minimum absolute atomic E-state index is 0.0504. The molecule has 37 heavy (non-hydrogen) atoms.